The molecule has 0 saturated carbocycles. The van der Waals surface area contributed by atoms with E-state index >= 15 is 0 Å². The zero-order chi connectivity index (χ0) is 15.4. The monoisotopic (exact) mass is 288 g/mol. The lowest BCUT2D eigenvalue weighted by Crippen LogP contribution is -2.12. The third kappa shape index (κ3) is 3.38. The van der Waals surface area contributed by atoms with Crippen molar-refractivity contribution in [2.75, 3.05) is 13.7 Å². The topological polar surface area (TPSA) is 72.8 Å². The molecular weight excluding hydrogens is 272 g/mol. The number of carbonyl (C=O) groups is 2. The standard InChI is InChI=1S/C16H16O5/c1-10(16(19)20-2)11-3-4-13-8-14(21-15(18)9-17)6-5-12(13)7-11/h3-8,10,17H,9H2,1-2H3. The highest BCUT2D eigenvalue weighted by molar-refractivity contribution is 5.87. The Labute approximate surface area is 122 Å². The van der Waals surface area contributed by atoms with Crippen LogP contribution in [0.15, 0.2) is 36.4 Å². The molecule has 0 heterocycles. The Hall–Kier alpha value is -2.40. The molecule has 110 valence electrons. The van der Waals surface area contributed by atoms with Gasteiger partial charge in [0.2, 0.25) is 0 Å². The van der Waals surface area contributed by atoms with Gasteiger partial charge in [-0.25, -0.2) is 4.79 Å². The quantitative estimate of drug-likeness (QED) is 0.688. The van der Waals surface area contributed by atoms with E-state index < -0.39 is 12.6 Å². The average Bonchev–Trinajstić information content (AvgIpc) is 2.52. The summed E-state index contributed by atoms with van der Waals surface area (Å²) in [6.45, 7) is 1.12. The van der Waals surface area contributed by atoms with E-state index in [0.717, 1.165) is 16.3 Å². The third-order valence-electron chi connectivity index (χ3n) is 3.25. The van der Waals surface area contributed by atoms with Gasteiger partial charge in [-0.1, -0.05) is 24.3 Å². The maximum atomic E-state index is 11.6. The molecule has 5 heteroatoms. The smallest absolute Gasteiger partial charge is 0.337 e. The predicted molar refractivity (Wildman–Crippen MR) is 77.1 cm³/mol. The molecule has 0 aromatic heterocycles. The molecule has 5 nitrogen and oxygen atoms in total. The molecule has 0 aliphatic carbocycles. The number of aliphatic hydroxyl groups is 1. The van der Waals surface area contributed by atoms with E-state index in [0.29, 0.717) is 5.75 Å². The van der Waals surface area contributed by atoms with Crippen LogP contribution < -0.4 is 4.74 Å². The molecule has 0 amide bonds. The number of fused-ring (bicyclic) bond motifs is 1. The lowest BCUT2D eigenvalue weighted by Gasteiger charge is -2.11. The number of carbonyl (C=O) groups excluding carboxylic acids is 2. The fourth-order valence-electron chi connectivity index (χ4n) is 2.05. The fraction of sp³-hybridized carbons (Fsp3) is 0.250. The second kappa shape index (κ2) is 6.37. The summed E-state index contributed by atoms with van der Waals surface area (Å²) in [6, 6.07) is 10.7. The molecule has 0 spiro atoms. The number of hydrogen-bond acceptors (Lipinski definition) is 5. The zero-order valence-electron chi connectivity index (χ0n) is 11.8. The van der Waals surface area contributed by atoms with Crippen molar-refractivity contribution < 1.29 is 24.2 Å². The van der Waals surface area contributed by atoms with Gasteiger partial charge in [0.05, 0.1) is 13.0 Å². The largest absolute Gasteiger partial charge is 0.469 e. The van der Waals surface area contributed by atoms with Crippen LogP contribution in [0.1, 0.15) is 18.4 Å². The Morgan fingerprint density at radius 3 is 2.48 bits per heavy atom. The zero-order valence-corrected chi connectivity index (χ0v) is 11.8. The summed E-state index contributed by atoms with van der Waals surface area (Å²) < 4.78 is 9.68. The number of ether oxygens (including phenoxy) is 2. The Kier molecular flexibility index (Phi) is 4.55. The number of benzene rings is 2. The van der Waals surface area contributed by atoms with Crippen LogP contribution in [-0.2, 0) is 14.3 Å². The lowest BCUT2D eigenvalue weighted by atomic mass is 9.98. The van der Waals surface area contributed by atoms with Crippen LogP contribution in [0, 0.1) is 0 Å². The van der Waals surface area contributed by atoms with Gasteiger partial charge in [-0.3, -0.25) is 4.79 Å². The molecule has 0 saturated heterocycles. The molecule has 2 aromatic carbocycles. The third-order valence-corrected chi connectivity index (χ3v) is 3.25. The van der Waals surface area contributed by atoms with Gasteiger partial charge in [0.15, 0.2) is 0 Å². The van der Waals surface area contributed by atoms with Crippen LogP contribution in [0.3, 0.4) is 0 Å². The van der Waals surface area contributed by atoms with Crippen LogP contribution in [0.5, 0.6) is 5.75 Å². The molecule has 0 aliphatic heterocycles. The highest BCUT2D eigenvalue weighted by atomic mass is 16.5. The van der Waals surface area contributed by atoms with Gasteiger partial charge >= 0.3 is 11.9 Å². The van der Waals surface area contributed by atoms with E-state index in [4.69, 9.17) is 14.6 Å². The van der Waals surface area contributed by atoms with E-state index in [1.807, 2.05) is 18.2 Å². The molecule has 2 aromatic rings. The fourth-order valence-corrected chi connectivity index (χ4v) is 2.05. The van der Waals surface area contributed by atoms with E-state index in [9.17, 15) is 9.59 Å². The Morgan fingerprint density at radius 1 is 1.14 bits per heavy atom. The second-order valence-electron chi connectivity index (χ2n) is 4.65. The van der Waals surface area contributed by atoms with Crippen molar-refractivity contribution >= 4 is 22.7 Å². The van der Waals surface area contributed by atoms with E-state index in [2.05, 4.69) is 0 Å². The van der Waals surface area contributed by atoms with Gasteiger partial charge in [0, 0.05) is 0 Å². The van der Waals surface area contributed by atoms with Crippen LogP contribution >= 0.6 is 0 Å². The minimum absolute atomic E-state index is 0.289. The summed E-state index contributed by atoms with van der Waals surface area (Å²) >= 11 is 0. The number of hydrogen-bond donors (Lipinski definition) is 1. The van der Waals surface area contributed by atoms with Crippen molar-refractivity contribution in [1.29, 1.82) is 0 Å². The summed E-state index contributed by atoms with van der Waals surface area (Å²) in [4.78, 5) is 22.6. The van der Waals surface area contributed by atoms with Crippen LogP contribution in [0.4, 0.5) is 0 Å². The van der Waals surface area contributed by atoms with E-state index in [1.54, 1.807) is 25.1 Å². The van der Waals surface area contributed by atoms with Gasteiger partial charge in [0.1, 0.15) is 12.4 Å². The maximum absolute atomic E-state index is 11.6. The van der Waals surface area contributed by atoms with Crippen molar-refractivity contribution in [3.05, 3.63) is 42.0 Å². The first kappa shape index (κ1) is 15.0. The van der Waals surface area contributed by atoms with Crippen molar-refractivity contribution in [2.24, 2.45) is 0 Å². The van der Waals surface area contributed by atoms with Crippen molar-refractivity contribution in [2.45, 2.75) is 12.8 Å². The number of rotatable bonds is 4. The van der Waals surface area contributed by atoms with Gasteiger partial charge in [0.25, 0.3) is 0 Å². The number of methoxy groups -OCH3 is 1. The van der Waals surface area contributed by atoms with Crippen molar-refractivity contribution in [1.82, 2.24) is 0 Å². The Bertz CT molecular complexity index is 677. The number of aliphatic hydroxyl groups excluding tert-OH is 1. The minimum Gasteiger partial charge on any atom is -0.469 e. The highest BCUT2D eigenvalue weighted by Gasteiger charge is 2.15. The summed E-state index contributed by atoms with van der Waals surface area (Å²) in [5.74, 6) is -0.963. The Balaban J connectivity index is 2.31. The molecule has 1 atom stereocenters. The molecule has 0 aliphatic rings. The first-order chi connectivity index (χ1) is 10.0. The van der Waals surface area contributed by atoms with Crippen LogP contribution in [0.25, 0.3) is 10.8 Å². The SMILES string of the molecule is COC(=O)C(C)c1ccc2cc(OC(=O)CO)ccc2c1. The van der Waals surface area contributed by atoms with Crippen LogP contribution in [-0.4, -0.2) is 30.8 Å². The first-order valence-corrected chi connectivity index (χ1v) is 6.48. The van der Waals surface area contributed by atoms with Gasteiger partial charge in [-0.05, 0) is 35.4 Å². The van der Waals surface area contributed by atoms with Gasteiger partial charge < -0.3 is 14.6 Å². The summed E-state index contributed by atoms with van der Waals surface area (Å²) in [6.07, 6.45) is 0. The van der Waals surface area contributed by atoms with Crippen LogP contribution in [0.2, 0.25) is 0 Å². The molecule has 21 heavy (non-hydrogen) atoms. The lowest BCUT2D eigenvalue weighted by molar-refractivity contribution is -0.142. The molecule has 0 bridgehead atoms. The molecule has 0 fully saturated rings. The van der Waals surface area contributed by atoms with Gasteiger partial charge in [-0.2, -0.15) is 0 Å². The van der Waals surface area contributed by atoms with E-state index in [-0.39, 0.29) is 11.9 Å². The normalized spacial score (nSPS) is 12.0. The van der Waals surface area contributed by atoms with E-state index in [1.165, 1.54) is 7.11 Å². The molecular formula is C16H16O5. The predicted octanol–water partition coefficient (Wildman–Crippen LogP) is 2.01. The van der Waals surface area contributed by atoms with Crippen molar-refractivity contribution in [3.63, 3.8) is 0 Å². The average molecular weight is 288 g/mol. The Morgan fingerprint density at radius 2 is 1.81 bits per heavy atom. The molecule has 1 unspecified atom stereocenters. The summed E-state index contributed by atoms with van der Waals surface area (Å²) in [5.41, 5.74) is 0.856. The molecule has 1 N–H and O–H groups in total. The first-order valence-electron chi connectivity index (χ1n) is 6.48. The maximum Gasteiger partial charge on any atom is 0.337 e. The second-order valence-corrected chi connectivity index (χ2v) is 4.65. The molecule has 0 radical (unpaired) electrons. The van der Waals surface area contributed by atoms with Crippen molar-refractivity contribution in [3.8, 4) is 5.75 Å². The summed E-state index contributed by atoms with van der Waals surface area (Å²) in [5, 5.41) is 10.5. The number of esters is 2. The summed E-state index contributed by atoms with van der Waals surface area (Å²) in [7, 11) is 1.36. The highest BCUT2D eigenvalue weighted by Crippen LogP contribution is 2.25. The minimum atomic E-state index is -0.703. The molecule has 2 rings (SSSR count). The van der Waals surface area contributed by atoms with Gasteiger partial charge in [-0.15, -0.1) is 0 Å².